The Morgan fingerprint density at radius 1 is 0.921 bits per heavy atom. The van der Waals surface area contributed by atoms with Gasteiger partial charge in [-0.3, -0.25) is 0 Å². The predicted molar refractivity (Wildman–Crippen MR) is 152 cm³/mol. The number of nitrogens with zero attached hydrogens (tertiary/aromatic N) is 4. The third-order valence-electron chi connectivity index (χ3n) is 4.34. The van der Waals surface area contributed by atoms with Gasteiger partial charge in [0.05, 0.1) is 0 Å². The van der Waals surface area contributed by atoms with Gasteiger partial charge < -0.3 is 36.1 Å². The summed E-state index contributed by atoms with van der Waals surface area (Å²) in [5, 5.41) is 3.95. The molecule has 0 radical (unpaired) electrons. The highest BCUT2D eigenvalue weighted by Crippen LogP contribution is 2.26. The fourth-order valence-electron chi connectivity index (χ4n) is 2.53. The van der Waals surface area contributed by atoms with Gasteiger partial charge in [-0.25, -0.2) is 19.6 Å². The first-order chi connectivity index (χ1) is 17.6. The molecule has 2 aromatic rings. The summed E-state index contributed by atoms with van der Waals surface area (Å²) >= 11 is 1.53. The van der Waals surface area contributed by atoms with Crippen LogP contribution in [0, 0.1) is 0 Å². The Morgan fingerprint density at radius 3 is 1.95 bits per heavy atom. The summed E-state index contributed by atoms with van der Waals surface area (Å²) in [5.74, 6) is 0.517. The first-order valence-corrected chi connectivity index (χ1v) is 13.1. The molecule has 1 aromatic heterocycles. The van der Waals surface area contributed by atoms with Gasteiger partial charge in [-0.1, -0.05) is 11.8 Å². The maximum absolute atomic E-state index is 11.9. The molecule has 38 heavy (non-hydrogen) atoms. The highest BCUT2D eigenvalue weighted by Gasteiger charge is 2.20. The van der Waals surface area contributed by atoms with Crippen LogP contribution in [0.1, 0.15) is 41.5 Å². The fraction of sp³-hybridized carbons (Fsp3) is 0.538. The molecule has 0 aliphatic carbocycles. The molecule has 1 heterocycles. The molecule has 0 fully saturated rings. The summed E-state index contributed by atoms with van der Waals surface area (Å²) in [5.41, 5.74) is 10.8. The van der Waals surface area contributed by atoms with Crippen LogP contribution >= 0.6 is 11.8 Å². The summed E-state index contributed by atoms with van der Waals surface area (Å²) in [6.45, 7) is 13.0. The van der Waals surface area contributed by atoms with E-state index in [1.54, 1.807) is 20.3 Å². The molecule has 1 aromatic carbocycles. The number of benzene rings is 1. The average Bonchev–Trinajstić information content (AvgIpc) is 2.79. The Morgan fingerprint density at radius 2 is 1.45 bits per heavy atom. The third kappa shape index (κ3) is 14.5. The minimum atomic E-state index is -0.504. The quantitative estimate of drug-likeness (QED) is 0.321. The number of hydrogen-bond acceptors (Lipinski definition) is 10. The van der Waals surface area contributed by atoms with Crippen LogP contribution in [0.4, 0.5) is 21.2 Å². The highest BCUT2D eigenvalue weighted by atomic mass is 32.2. The van der Waals surface area contributed by atoms with E-state index in [2.05, 4.69) is 15.3 Å². The number of amides is 2. The maximum Gasteiger partial charge on any atom is 0.410 e. The van der Waals surface area contributed by atoms with Crippen LogP contribution in [0.5, 0.6) is 0 Å². The summed E-state index contributed by atoms with van der Waals surface area (Å²) in [6.07, 6.45) is 1.02. The number of rotatable bonds is 8. The van der Waals surface area contributed by atoms with E-state index in [4.69, 9.17) is 20.9 Å². The number of anilines is 2. The zero-order chi connectivity index (χ0) is 28.9. The molecule has 11 nitrogen and oxygen atoms in total. The maximum atomic E-state index is 11.9. The van der Waals surface area contributed by atoms with Crippen molar-refractivity contribution in [1.82, 2.24) is 19.8 Å². The van der Waals surface area contributed by atoms with Gasteiger partial charge in [0, 0.05) is 57.1 Å². The van der Waals surface area contributed by atoms with Gasteiger partial charge >= 0.3 is 12.2 Å². The van der Waals surface area contributed by atoms with E-state index in [0.717, 1.165) is 15.6 Å². The van der Waals surface area contributed by atoms with Gasteiger partial charge in [0.15, 0.2) is 0 Å². The van der Waals surface area contributed by atoms with Crippen molar-refractivity contribution in [1.29, 1.82) is 0 Å². The molecule has 0 atom stereocenters. The van der Waals surface area contributed by atoms with Crippen LogP contribution in [0.25, 0.3) is 0 Å². The second-order valence-corrected chi connectivity index (χ2v) is 11.5. The van der Waals surface area contributed by atoms with Gasteiger partial charge in [0.25, 0.3) is 0 Å². The van der Waals surface area contributed by atoms with E-state index in [0.29, 0.717) is 32.1 Å². The molecule has 5 N–H and O–H groups in total. The predicted octanol–water partition coefficient (Wildman–Crippen LogP) is 4.30. The Bertz CT molecular complexity index is 1010. The topological polar surface area (TPSA) is 149 Å². The van der Waals surface area contributed by atoms with Gasteiger partial charge in [0.2, 0.25) is 5.95 Å². The number of carbonyl (C=O) groups excluding carboxylic acids is 2. The zero-order valence-electron chi connectivity index (χ0n) is 23.8. The number of aromatic nitrogens is 2. The molecule has 0 bridgehead atoms. The van der Waals surface area contributed by atoms with Crippen LogP contribution in [-0.4, -0.2) is 83.4 Å². The highest BCUT2D eigenvalue weighted by molar-refractivity contribution is 7.99. The van der Waals surface area contributed by atoms with Crippen LogP contribution in [0.15, 0.2) is 46.5 Å². The lowest BCUT2D eigenvalue weighted by atomic mass is 10.2. The number of nitrogens with one attached hydrogen (secondary N) is 1. The Labute approximate surface area is 230 Å². The minimum Gasteiger partial charge on any atom is -0.444 e. The Kier molecular flexibility index (Phi) is 13.1. The van der Waals surface area contributed by atoms with Gasteiger partial charge in [0.1, 0.15) is 16.2 Å². The van der Waals surface area contributed by atoms with E-state index >= 15 is 0 Å². The lowest BCUT2D eigenvalue weighted by molar-refractivity contribution is 0.0294. The summed E-state index contributed by atoms with van der Waals surface area (Å²) in [6, 6.07) is 9.46. The number of nitrogen functional groups attached to an aromatic ring is 1. The molecule has 2 rings (SSSR count). The third-order valence-corrected chi connectivity index (χ3v) is 5.28. The fourth-order valence-corrected chi connectivity index (χ4v) is 3.31. The van der Waals surface area contributed by atoms with Crippen molar-refractivity contribution < 1.29 is 19.1 Å². The molecule has 0 aliphatic heterocycles. The van der Waals surface area contributed by atoms with Crippen LogP contribution in [0.2, 0.25) is 0 Å². The molecule has 0 aliphatic rings. The smallest absolute Gasteiger partial charge is 0.410 e. The molecular weight excluding hydrogens is 506 g/mol. The molecule has 212 valence electrons. The van der Waals surface area contributed by atoms with Crippen molar-refractivity contribution in [2.45, 2.75) is 62.7 Å². The van der Waals surface area contributed by atoms with Crippen LogP contribution in [0.3, 0.4) is 0 Å². The Balaban J connectivity index is 0.000000508. The van der Waals surface area contributed by atoms with Crippen molar-refractivity contribution in [2.24, 2.45) is 5.73 Å². The number of nitrogens with two attached hydrogens (primary N) is 2. The van der Waals surface area contributed by atoms with E-state index < -0.39 is 11.2 Å². The SMILES string of the molecule is CN(CCN)C(=O)OC(C)(C)C.CN(CCNc1nccc(Sc2ccc(N)cc2)n1)C(=O)OC(C)(C)C. The summed E-state index contributed by atoms with van der Waals surface area (Å²) in [7, 11) is 3.37. The molecule has 2 amide bonds. The van der Waals surface area contributed by atoms with E-state index in [-0.39, 0.29) is 12.2 Å². The average molecular weight is 550 g/mol. The van der Waals surface area contributed by atoms with Crippen LogP contribution in [-0.2, 0) is 9.47 Å². The van der Waals surface area contributed by atoms with E-state index in [9.17, 15) is 9.59 Å². The molecular formula is C26H43N7O4S. The van der Waals surface area contributed by atoms with Crippen molar-refractivity contribution >= 4 is 35.6 Å². The standard InChI is InChI=1S/C18H25N5O2S.C8H18N2O2/c1-18(2,3)25-17(24)23(4)12-11-21-16-20-10-9-15(22-16)26-14-7-5-13(19)6-8-14;1-8(2,3)12-7(11)10(4)6-5-9/h5-10H,11-12,19H2,1-4H3,(H,20,21,22);5-6,9H2,1-4H3. The van der Waals surface area contributed by atoms with Crippen molar-refractivity contribution in [3.63, 3.8) is 0 Å². The van der Waals surface area contributed by atoms with Crippen molar-refractivity contribution in [2.75, 3.05) is 51.3 Å². The van der Waals surface area contributed by atoms with Gasteiger partial charge in [-0.2, -0.15) is 0 Å². The molecule has 12 heteroatoms. The second-order valence-electron chi connectivity index (χ2n) is 10.4. The molecule has 0 unspecified atom stereocenters. The number of hydrogen-bond donors (Lipinski definition) is 3. The van der Waals surface area contributed by atoms with E-state index in [1.165, 1.54) is 21.6 Å². The first-order valence-electron chi connectivity index (χ1n) is 12.3. The first kappa shape index (κ1) is 32.8. The molecule has 0 saturated carbocycles. The van der Waals surface area contributed by atoms with Gasteiger partial charge in [-0.15, -0.1) is 0 Å². The second kappa shape index (κ2) is 15.2. The normalized spacial score (nSPS) is 11.1. The minimum absolute atomic E-state index is 0.326. The lowest BCUT2D eigenvalue weighted by Crippen LogP contribution is -2.36. The van der Waals surface area contributed by atoms with Crippen molar-refractivity contribution in [3.8, 4) is 0 Å². The molecule has 0 spiro atoms. The zero-order valence-corrected chi connectivity index (χ0v) is 24.6. The lowest BCUT2D eigenvalue weighted by Gasteiger charge is -2.24. The Hall–Kier alpha value is -3.25. The largest absolute Gasteiger partial charge is 0.444 e. The number of carbonyl (C=O) groups is 2. The number of likely N-dealkylation sites (N-methyl/N-ethyl adjacent to an activating group) is 2. The van der Waals surface area contributed by atoms with Crippen LogP contribution < -0.4 is 16.8 Å². The van der Waals surface area contributed by atoms with Crippen molar-refractivity contribution in [3.05, 3.63) is 36.5 Å². The van der Waals surface area contributed by atoms with Gasteiger partial charge in [-0.05, 0) is 71.9 Å². The van der Waals surface area contributed by atoms with E-state index in [1.807, 2.05) is 71.9 Å². The summed E-state index contributed by atoms with van der Waals surface area (Å²) in [4.78, 5) is 35.8. The molecule has 0 saturated heterocycles. The number of ether oxygens (including phenoxy) is 2. The monoisotopic (exact) mass is 549 g/mol. The summed E-state index contributed by atoms with van der Waals surface area (Å²) < 4.78 is 10.4.